The van der Waals surface area contributed by atoms with Gasteiger partial charge in [0.2, 0.25) is 0 Å². The van der Waals surface area contributed by atoms with E-state index in [1.807, 2.05) is 0 Å². The van der Waals surface area contributed by atoms with Crippen LogP contribution in [0.5, 0.6) is 0 Å². The molecule has 108 valence electrons. The van der Waals surface area contributed by atoms with Gasteiger partial charge < -0.3 is 0 Å². The molecule has 4 radical (unpaired) electrons. The minimum atomic E-state index is -5.84. The van der Waals surface area contributed by atoms with Crippen LogP contribution in [-0.4, -0.2) is 88.6 Å². The van der Waals surface area contributed by atoms with Crippen LogP contribution in [0.15, 0.2) is 0 Å². The van der Waals surface area contributed by atoms with Gasteiger partial charge in [0.05, 0.1) is 0 Å². The summed E-state index contributed by atoms with van der Waals surface area (Å²) in [6.07, 6.45) is 0. The molecule has 0 aromatic rings. The molecule has 0 heterocycles. The van der Waals surface area contributed by atoms with E-state index in [1.54, 1.807) is 0 Å². The first-order valence-corrected chi connectivity index (χ1v) is 5.45. The molecule has 0 unspecified atom stereocenters. The first-order valence-electron chi connectivity index (χ1n) is 2.57. The Labute approximate surface area is 134 Å². The van der Waals surface area contributed by atoms with Crippen molar-refractivity contribution < 1.29 is 52.3 Å². The molecular weight excluding hydrogens is 528 g/mol. The SMILES string of the molecule is O=S(=O)(O)C(F)(F)F.O=S(=O)(O)C(F)(F)F.[InH].[InH]. The van der Waals surface area contributed by atoms with Gasteiger partial charge in [-0.2, -0.15) is 43.2 Å². The average Bonchev–Trinajstić information content (AvgIpc) is 1.77. The summed E-state index contributed by atoms with van der Waals surface area (Å²) in [6.45, 7) is 0. The van der Waals surface area contributed by atoms with Crippen LogP contribution >= 0.6 is 0 Å². The summed E-state index contributed by atoms with van der Waals surface area (Å²) in [7, 11) is -11.7. The van der Waals surface area contributed by atoms with Crippen LogP contribution in [-0.2, 0) is 20.2 Å². The Kier molecular flexibility index (Phi) is 12.9. The molecule has 16 heteroatoms. The molecule has 0 saturated heterocycles. The summed E-state index contributed by atoms with van der Waals surface area (Å²) >= 11 is 0. The van der Waals surface area contributed by atoms with Crippen molar-refractivity contribution >= 4 is 71.9 Å². The van der Waals surface area contributed by atoms with E-state index in [9.17, 15) is 26.3 Å². The molecule has 6 nitrogen and oxygen atoms in total. The van der Waals surface area contributed by atoms with Gasteiger partial charge in [-0.25, -0.2) is 0 Å². The molecule has 0 spiro atoms. The monoisotopic (exact) mass is 532 g/mol. The van der Waals surface area contributed by atoms with Crippen molar-refractivity contribution in [3.05, 3.63) is 0 Å². The molecule has 0 atom stereocenters. The van der Waals surface area contributed by atoms with Gasteiger partial charge in [0.1, 0.15) is 0 Å². The van der Waals surface area contributed by atoms with Gasteiger partial charge in [-0.1, -0.05) is 0 Å². The zero-order valence-corrected chi connectivity index (χ0v) is 17.7. The van der Waals surface area contributed by atoms with Gasteiger partial charge >= 0.3 is 82.9 Å². The van der Waals surface area contributed by atoms with E-state index >= 15 is 0 Å². The predicted octanol–water partition coefficient (Wildman–Crippen LogP) is -0.509. The number of halogens is 6. The van der Waals surface area contributed by atoms with Crippen LogP contribution in [0.1, 0.15) is 0 Å². The molecule has 0 rings (SSSR count). The van der Waals surface area contributed by atoms with E-state index in [0.29, 0.717) is 0 Å². The van der Waals surface area contributed by atoms with Crippen LogP contribution in [0, 0.1) is 0 Å². The van der Waals surface area contributed by atoms with Crippen LogP contribution in [0.25, 0.3) is 0 Å². The Morgan fingerprint density at radius 3 is 0.667 bits per heavy atom. The van der Waals surface area contributed by atoms with Gasteiger partial charge in [0, 0.05) is 0 Å². The Balaban J connectivity index is -0.0000000980. The Bertz CT molecular complexity index is 378. The zero-order valence-electron chi connectivity index (χ0n) is 8.03. The molecule has 0 aliphatic rings. The molecule has 0 aromatic carbocycles. The fourth-order valence-electron chi connectivity index (χ4n) is 0. The van der Waals surface area contributed by atoms with E-state index in [0.717, 1.165) is 0 Å². The molecule has 2 N–H and O–H groups in total. The summed E-state index contributed by atoms with van der Waals surface area (Å²) in [5, 5.41) is 0. The first-order chi connectivity index (χ1) is 6.50. The van der Waals surface area contributed by atoms with Gasteiger partial charge in [-0.05, 0) is 0 Å². The molecule has 0 bridgehead atoms. The van der Waals surface area contributed by atoms with Crippen molar-refractivity contribution in [1.82, 2.24) is 0 Å². The van der Waals surface area contributed by atoms with Crippen LogP contribution < -0.4 is 0 Å². The topological polar surface area (TPSA) is 109 Å². The molecule has 0 aromatic heterocycles. The van der Waals surface area contributed by atoms with E-state index in [1.165, 1.54) is 0 Å². The first kappa shape index (κ1) is 27.5. The third kappa shape index (κ3) is 12.2. The number of alkyl halides is 6. The van der Waals surface area contributed by atoms with Crippen molar-refractivity contribution in [2.45, 2.75) is 11.0 Å². The molecule has 0 fully saturated rings. The van der Waals surface area contributed by atoms with Crippen molar-refractivity contribution in [3.8, 4) is 0 Å². The second kappa shape index (κ2) is 8.43. The summed E-state index contributed by atoms with van der Waals surface area (Å²) in [5.74, 6) is 0. The fourth-order valence-corrected chi connectivity index (χ4v) is 0. The average molecular weight is 532 g/mol. The van der Waals surface area contributed by atoms with E-state index in [2.05, 4.69) is 0 Å². The van der Waals surface area contributed by atoms with Crippen molar-refractivity contribution in [2.75, 3.05) is 0 Å². The Morgan fingerprint density at radius 2 is 0.667 bits per heavy atom. The second-order valence-electron chi connectivity index (χ2n) is 1.84. The van der Waals surface area contributed by atoms with Crippen molar-refractivity contribution in [3.63, 3.8) is 0 Å². The maximum absolute atomic E-state index is 10.7. The van der Waals surface area contributed by atoms with Crippen LogP contribution in [0.4, 0.5) is 26.3 Å². The van der Waals surface area contributed by atoms with E-state index < -0.39 is 31.3 Å². The fraction of sp³-hybridized carbons (Fsp3) is 1.00. The van der Waals surface area contributed by atoms with Gasteiger partial charge in [0.15, 0.2) is 0 Å². The summed E-state index contributed by atoms with van der Waals surface area (Å²) in [5.41, 5.74) is -11.1. The minimum absolute atomic E-state index is 0. The van der Waals surface area contributed by atoms with E-state index in [-0.39, 0.29) is 51.7 Å². The molecule has 0 amide bonds. The van der Waals surface area contributed by atoms with Crippen molar-refractivity contribution in [1.29, 1.82) is 0 Å². The predicted molar refractivity (Wildman–Crippen MR) is 49.5 cm³/mol. The molecule has 0 aliphatic heterocycles. The quantitative estimate of drug-likeness (QED) is 0.248. The number of hydrogen-bond donors (Lipinski definition) is 2. The second-order valence-corrected chi connectivity index (χ2v) is 4.67. The normalized spacial score (nSPS) is 12.4. The zero-order chi connectivity index (χ0) is 14.0. The molecule has 0 saturated carbocycles. The summed E-state index contributed by atoms with van der Waals surface area (Å²) in [4.78, 5) is 0. The number of rotatable bonds is 0. The van der Waals surface area contributed by atoms with Gasteiger partial charge in [-0.3, -0.25) is 9.11 Å². The van der Waals surface area contributed by atoms with E-state index in [4.69, 9.17) is 25.9 Å². The maximum atomic E-state index is 10.7. The molecule has 18 heavy (non-hydrogen) atoms. The Hall–Kier alpha value is 1.14. The molecular formula is C2H4F6In2O6S2. The standard InChI is InChI=1S/2CHF3O3S.2In.2H/c2*2-1(3,4)8(5,6)7;;;;/h2*(H,5,6,7);;;;. The van der Waals surface area contributed by atoms with Crippen LogP contribution in [0.2, 0.25) is 0 Å². The van der Waals surface area contributed by atoms with Crippen molar-refractivity contribution in [2.24, 2.45) is 0 Å². The van der Waals surface area contributed by atoms with Crippen LogP contribution in [0.3, 0.4) is 0 Å². The Morgan fingerprint density at radius 1 is 0.611 bits per heavy atom. The summed E-state index contributed by atoms with van der Waals surface area (Å²) in [6, 6.07) is 0. The van der Waals surface area contributed by atoms with Gasteiger partial charge in [0.25, 0.3) is 0 Å². The third-order valence-electron chi connectivity index (χ3n) is 0.585. The molecule has 0 aliphatic carbocycles. The third-order valence-corrected chi connectivity index (χ3v) is 1.75. The van der Waals surface area contributed by atoms with Gasteiger partial charge in [-0.15, -0.1) is 0 Å². The number of hydrogen-bond acceptors (Lipinski definition) is 4. The summed E-state index contributed by atoms with van der Waals surface area (Å²) < 4.78 is 115.